The van der Waals surface area contributed by atoms with Gasteiger partial charge in [0.25, 0.3) is 0 Å². The zero-order valence-corrected chi connectivity index (χ0v) is 11.3. The number of fused-ring (bicyclic) bond motifs is 1. The zero-order valence-electron chi connectivity index (χ0n) is 9.64. The van der Waals surface area contributed by atoms with Crippen LogP contribution in [0.2, 0.25) is 0 Å². The molecule has 0 radical (unpaired) electrons. The van der Waals surface area contributed by atoms with Crippen molar-refractivity contribution >= 4 is 36.8 Å². The first-order valence-electron chi connectivity index (χ1n) is 4.83. The maximum atomic E-state index is 11.1. The van der Waals surface area contributed by atoms with Crippen molar-refractivity contribution in [2.45, 2.75) is 13.8 Å². The monoisotopic (exact) mass is 272 g/mol. The summed E-state index contributed by atoms with van der Waals surface area (Å²) in [6.07, 6.45) is 1.02. The van der Waals surface area contributed by atoms with Gasteiger partial charge in [-0.1, -0.05) is 11.3 Å². The van der Waals surface area contributed by atoms with Gasteiger partial charge in [0, 0.05) is 5.56 Å². The maximum Gasteiger partial charge on any atom is 0.306 e. The van der Waals surface area contributed by atoms with Gasteiger partial charge in [0.1, 0.15) is 5.75 Å². The molecule has 0 spiro atoms. The largest absolute Gasteiger partial charge is 0.382 e. The molecule has 0 unspecified atom stereocenters. The quantitative estimate of drug-likeness (QED) is 0.843. The summed E-state index contributed by atoms with van der Waals surface area (Å²) in [7, 11) is -3.53. The van der Waals surface area contributed by atoms with Crippen LogP contribution in [0.1, 0.15) is 11.1 Å². The van der Waals surface area contributed by atoms with Gasteiger partial charge in [-0.3, -0.25) is 0 Å². The number of aryl methyl sites for hydroxylation is 2. The van der Waals surface area contributed by atoms with Crippen LogP contribution < -0.4 is 9.92 Å². The minimum absolute atomic E-state index is 0.334. The van der Waals surface area contributed by atoms with E-state index in [-0.39, 0.29) is 0 Å². The Morgan fingerprint density at radius 3 is 2.65 bits per heavy atom. The Bertz CT molecular complexity index is 689. The van der Waals surface area contributed by atoms with E-state index >= 15 is 0 Å². The first-order valence-corrected chi connectivity index (χ1v) is 7.47. The van der Waals surface area contributed by atoms with E-state index in [2.05, 4.69) is 4.98 Å². The predicted octanol–water partition coefficient (Wildman–Crippen LogP) is 1.83. The van der Waals surface area contributed by atoms with Crippen LogP contribution in [0.4, 0.5) is 5.13 Å². The third-order valence-electron chi connectivity index (χ3n) is 2.32. The molecule has 0 saturated heterocycles. The average Bonchev–Trinajstić information content (AvgIpc) is 2.54. The highest BCUT2D eigenvalue weighted by Crippen LogP contribution is 2.35. The van der Waals surface area contributed by atoms with Crippen LogP contribution >= 0.6 is 11.3 Å². The van der Waals surface area contributed by atoms with Crippen LogP contribution in [0.3, 0.4) is 0 Å². The van der Waals surface area contributed by atoms with E-state index in [1.54, 1.807) is 13.0 Å². The molecule has 1 heterocycles. The summed E-state index contributed by atoms with van der Waals surface area (Å²) in [5, 5.41) is 0.461. The summed E-state index contributed by atoms with van der Waals surface area (Å²) >= 11 is 1.32. The molecular formula is C10H12N2O3S2. The number of nitrogen functional groups attached to an aromatic ring is 1. The van der Waals surface area contributed by atoms with Gasteiger partial charge in [0.2, 0.25) is 0 Å². The third kappa shape index (κ3) is 2.34. The van der Waals surface area contributed by atoms with Crippen molar-refractivity contribution in [1.29, 1.82) is 0 Å². The molecule has 0 saturated carbocycles. The van der Waals surface area contributed by atoms with Gasteiger partial charge in [0.05, 0.1) is 16.5 Å². The number of nitrogens with two attached hydrogens (primary N) is 1. The molecule has 5 nitrogen and oxygen atoms in total. The normalized spacial score (nSPS) is 11.9. The van der Waals surface area contributed by atoms with Crippen LogP contribution in [-0.2, 0) is 10.1 Å². The fourth-order valence-electron chi connectivity index (χ4n) is 1.59. The van der Waals surface area contributed by atoms with E-state index in [4.69, 9.17) is 9.92 Å². The number of benzene rings is 1. The molecule has 92 valence electrons. The fraction of sp³-hybridized carbons (Fsp3) is 0.300. The summed E-state index contributed by atoms with van der Waals surface area (Å²) in [6.45, 7) is 3.63. The van der Waals surface area contributed by atoms with Crippen LogP contribution in [-0.4, -0.2) is 19.7 Å². The number of nitrogens with zero attached hydrogens (tertiary/aromatic N) is 1. The molecule has 1 aromatic heterocycles. The minimum Gasteiger partial charge on any atom is -0.382 e. The Morgan fingerprint density at radius 1 is 1.41 bits per heavy atom. The number of anilines is 1. The molecular weight excluding hydrogens is 260 g/mol. The van der Waals surface area contributed by atoms with E-state index in [1.165, 1.54) is 11.3 Å². The lowest BCUT2D eigenvalue weighted by Gasteiger charge is -2.08. The van der Waals surface area contributed by atoms with Gasteiger partial charge in [-0.25, -0.2) is 4.98 Å². The second kappa shape index (κ2) is 3.85. The standard InChI is InChI=1S/C10H12N2O3S2/c1-5-4-7(15-17(3,13)14)6(2)9-8(5)12-10(11)16-9/h4H,1-3H3,(H2,11,12). The predicted molar refractivity (Wildman–Crippen MR) is 69.0 cm³/mol. The number of hydrogen-bond donors (Lipinski definition) is 1. The Kier molecular flexibility index (Phi) is 2.75. The van der Waals surface area contributed by atoms with Crippen molar-refractivity contribution in [3.8, 4) is 5.75 Å². The van der Waals surface area contributed by atoms with Gasteiger partial charge in [-0.15, -0.1) is 0 Å². The maximum absolute atomic E-state index is 11.1. The lowest BCUT2D eigenvalue weighted by molar-refractivity contribution is 0.491. The van der Waals surface area contributed by atoms with Crippen LogP contribution in [0.15, 0.2) is 6.07 Å². The molecule has 0 atom stereocenters. The first kappa shape index (κ1) is 12.1. The van der Waals surface area contributed by atoms with E-state index in [0.29, 0.717) is 10.9 Å². The lowest BCUT2D eigenvalue weighted by atomic mass is 10.1. The highest BCUT2D eigenvalue weighted by molar-refractivity contribution is 7.86. The van der Waals surface area contributed by atoms with Crippen molar-refractivity contribution < 1.29 is 12.6 Å². The van der Waals surface area contributed by atoms with Crippen molar-refractivity contribution in [1.82, 2.24) is 4.98 Å². The summed E-state index contributed by atoms with van der Waals surface area (Å²) in [4.78, 5) is 4.20. The molecule has 7 heteroatoms. The van der Waals surface area contributed by atoms with E-state index < -0.39 is 10.1 Å². The smallest absolute Gasteiger partial charge is 0.306 e. The van der Waals surface area contributed by atoms with Crippen LogP contribution in [0, 0.1) is 13.8 Å². The molecule has 0 aliphatic rings. The van der Waals surface area contributed by atoms with Crippen molar-refractivity contribution in [2.24, 2.45) is 0 Å². The highest BCUT2D eigenvalue weighted by atomic mass is 32.2. The molecule has 1 aromatic carbocycles. The molecule has 2 N–H and O–H groups in total. The summed E-state index contributed by atoms with van der Waals surface area (Å²) < 4.78 is 28.1. The first-order chi connectivity index (χ1) is 7.78. The van der Waals surface area contributed by atoms with Gasteiger partial charge >= 0.3 is 10.1 Å². The molecule has 0 bridgehead atoms. The Labute approximate surface area is 103 Å². The second-order valence-electron chi connectivity index (χ2n) is 3.83. The van der Waals surface area contributed by atoms with Crippen molar-refractivity contribution in [3.05, 3.63) is 17.2 Å². The average molecular weight is 272 g/mol. The van der Waals surface area contributed by atoms with E-state index in [1.807, 2.05) is 6.92 Å². The number of thiazole rings is 1. The molecule has 0 aliphatic heterocycles. The molecule has 0 amide bonds. The van der Waals surface area contributed by atoms with Crippen molar-refractivity contribution in [2.75, 3.05) is 12.0 Å². The fourth-order valence-corrected chi connectivity index (χ4v) is 3.00. The Hall–Kier alpha value is -1.34. The van der Waals surface area contributed by atoms with Crippen LogP contribution in [0.5, 0.6) is 5.75 Å². The summed E-state index contributed by atoms with van der Waals surface area (Å²) in [6, 6.07) is 1.66. The Balaban J connectivity index is 2.70. The van der Waals surface area contributed by atoms with Gasteiger partial charge < -0.3 is 9.92 Å². The molecule has 0 aliphatic carbocycles. The Morgan fingerprint density at radius 2 is 2.06 bits per heavy atom. The second-order valence-corrected chi connectivity index (χ2v) is 6.44. The summed E-state index contributed by atoms with van der Waals surface area (Å²) in [5.41, 5.74) is 8.04. The molecule has 2 aromatic rings. The molecule has 17 heavy (non-hydrogen) atoms. The zero-order chi connectivity index (χ0) is 12.8. The summed E-state index contributed by atoms with van der Waals surface area (Å²) in [5.74, 6) is 0.334. The number of rotatable bonds is 2. The minimum atomic E-state index is -3.53. The van der Waals surface area contributed by atoms with Gasteiger partial charge in [-0.2, -0.15) is 8.42 Å². The highest BCUT2D eigenvalue weighted by Gasteiger charge is 2.15. The van der Waals surface area contributed by atoms with Crippen LogP contribution in [0.25, 0.3) is 10.2 Å². The van der Waals surface area contributed by atoms with Crippen molar-refractivity contribution in [3.63, 3.8) is 0 Å². The van der Waals surface area contributed by atoms with Gasteiger partial charge in [0.15, 0.2) is 5.13 Å². The topological polar surface area (TPSA) is 82.3 Å². The van der Waals surface area contributed by atoms with Gasteiger partial charge in [-0.05, 0) is 25.5 Å². The third-order valence-corrected chi connectivity index (χ3v) is 3.80. The molecule has 0 fully saturated rings. The van der Waals surface area contributed by atoms with E-state index in [0.717, 1.165) is 27.6 Å². The lowest BCUT2D eigenvalue weighted by Crippen LogP contribution is -2.07. The molecule has 2 rings (SSSR count). The van der Waals surface area contributed by atoms with E-state index in [9.17, 15) is 8.42 Å². The number of aromatic nitrogens is 1. The SMILES string of the molecule is Cc1cc(OS(C)(=O)=O)c(C)c2sc(N)nc12. The number of hydrogen-bond acceptors (Lipinski definition) is 6.